The predicted octanol–water partition coefficient (Wildman–Crippen LogP) is 2.93. The van der Waals surface area contributed by atoms with Gasteiger partial charge in [0.1, 0.15) is 11.5 Å². The Balaban J connectivity index is 1.36. The van der Waals surface area contributed by atoms with Crippen molar-refractivity contribution in [2.24, 2.45) is 5.92 Å². The molecule has 2 aromatic heterocycles. The number of benzene rings is 1. The average molecular weight is 644 g/mol. The second-order valence-electron chi connectivity index (χ2n) is 12.2. The minimum absolute atomic E-state index is 0.0118. The Hall–Kier alpha value is -3.17. The molecule has 3 fully saturated rings. The molecule has 1 aromatic carbocycles. The summed E-state index contributed by atoms with van der Waals surface area (Å²) in [7, 11) is -0.753. The molecule has 1 saturated carbocycles. The van der Waals surface area contributed by atoms with E-state index in [9.17, 15) is 17.6 Å². The summed E-state index contributed by atoms with van der Waals surface area (Å²) in [6, 6.07) is 7.71. The maximum atomic E-state index is 13.9. The first kappa shape index (κ1) is 31.8. The third-order valence-corrected chi connectivity index (χ3v) is 10.8. The van der Waals surface area contributed by atoms with Crippen LogP contribution in [0.3, 0.4) is 0 Å². The SMILES string of the molecule is COCCN1CCN(S(=O)(=O)NC(=O)c2cc(N3CCC(COC)CC3)c3c(C4CCC4)nn(-c4ccc(F)cc4)c3n2)CC1. The summed E-state index contributed by atoms with van der Waals surface area (Å²) in [6.07, 6.45) is 4.97. The van der Waals surface area contributed by atoms with Crippen LogP contribution in [-0.4, -0.2) is 112 Å². The van der Waals surface area contributed by atoms with Gasteiger partial charge in [-0.3, -0.25) is 9.69 Å². The molecule has 1 N–H and O–H groups in total. The van der Waals surface area contributed by atoms with Gasteiger partial charge in [-0.25, -0.2) is 18.8 Å². The van der Waals surface area contributed by atoms with Gasteiger partial charge in [-0.05, 0) is 61.9 Å². The zero-order chi connectivity index (χ0) is 31.6. The molecule has 2 saturated heterocycles. The molecule has 3 aliphatic rings. The van der Waals surface area contributed by atoms with Crippen molar-refractivity contribution in [2.45, 2.75) is 38.0 Å². The van der Waals surface area contributed by atoms with Crippen LogP contribution in [0.5, 0.6) is 0 Å². The maximum Gasteiger partial charge on any atom is 0.304 e. The minimum atomic E-state index is -4.11. The van der Waals surface area contributed by atoms with Crippen molar-refractivity contribution in [3.8, 4) is 5.69 Å². The van der Waals surface area contributed by atoms with Crippen LogP contribution in [0.2, 0.25) is 0 Å². The molecule has 6 rings (SSSR count). The van der Waals surface area contributed by atoms with Crippen molar-refractivity contribution in [3.05, 3.63) is 47.5 Å². The number of piperidine rings is 1. The van der Waals surface area contributed by atoms with E-state index in [1.54, 1.807) is 37.1 Å². The molecule has 2 aliphatic heterocycles. The summed E-state index contributed by atoms with van der Waals surface area (Å²) in [5.74, 6) is -0.471. The number of piperazine rings is 1. The molecule has 12 nitrogen and oxygen atoms in total. The highest BCUT2D eigenvalue weighted by Crippen LogP contribution is 2.43. The van der Waals surface area contributed by atoms with Crippen molar-refractivity contribution in [2.75, 3.05) is 78.1 Å². The number of pyridine rings is 1. The standard InChI is InChI=1S/C31H42FN7O5S/c1-43-19-18-36-14-16-38(17-15-36)45(41,42)35-31(40)26-20-27(37-12-10-22(11-13-37)21-44-2)28-29(23-4-3-5-23)34-39(30(28)33-26)25-8-6-24(32)7-9-25/h6-9,20,22-23H,3-5,10-19,21H2,1-2H3,(H,35,40). The fourth-order valence-electron chi connectivity index (χ4n) is 6.44. The number of rotatable bonds is 11. The topological polar surface area (TPSA) is 122 Å². The first-order chi connectivity index (χ1) is 21.8. The van der Waals surface area contributed by atoms with E-state index >= 15 is 0 Å². The summed E-state index contributed by atoms with van der Waals surface area (Å²) in [6.45, 7) is 5.13. The molecular weight excluding hydrogens is 601 g/mol. The highest BCUT2D eigenvalue weighted by molar-refractivity contribution is 7.87. The monoisotopic (exact) mass is 643 g/mol. The van der Waals surface area contributed by atoms with Gasteiger partial charge in [-0.1, -0.05) is 6.42 Å². The summed E-state index contributed by atoms with van der Waals surface area (Å²) in [5, 5.41) is 5.86. The smallest absolute Gasteiger partial charge is 0.304 e. The molecular formula is C31H42FN7O5S. The van der Waals surface area contributed by atoms with Crippen molar-refractivity contribution < 1.29 is 27.1 Å². The Labute approximate surface area is 263 Å². The maximum absolute atomic E-state index is 13.9. The number of hydrogen-bond donors (Lipinski definition) is 1. The lowest BCUT2D eigenvalue weighted by atomic mass is 9.82. The Morgan fingerprint density at radius 1 is 1.00 bits per heavy atom. The lowest BCUT2D eigenvalue weighted by Gasteiger charge is -2.34. The van der Waals surface area contributed by atoms with Crippen LogP contribution in [0.15, 0.2) is 30.3 Å². The van der Waals surface area contributed by atoms with E-state index in [1.165, 1.54) is 16.4 Å². The molecule has 0 unspecified atom stereocenters. The van der Waals surface area contributed by atoms with Gasteiger partial charge >= 0.3 is 10.2 Å². The molecule has 45 heavy (non-hydrogen) atoms. The zero-order valence-corrected chi connectivity index (χ0v) is 26.8. The number of nitrogens with zero attached hydrogens (tertiary/aromatic N) is 6. The molecule has 0 bridgehead atoms. The number of fused-ring (bicyclic) bond motifs is 1. The number of carbonyl (C=O) groups is 1. The number of amides is 1. The van der Waals surface area contributed by atoms with Gasteiger partial charge in [0.2, 0.25) is 0 Å². The van der Waals surface area contributed by atoms with Crippen LogP contribution in [0.4, 0.5) is 10.1 Å². The number of methoxy groups -OCH3 is 2. The van der Waals surface area contributed by atoms with Gasteiger partial charge in [0, 0.05) is 72.6 Å². The number of hydrogen-bond acceptors (Lipinski definition) is 9. The second kappa shape index (κ2) is 13.7. The van der Waals surface area contributed by atoms with E-state index < -0.39 is 16.1 Å². The number of nitrogens with one attached hydrogen (secondary N) is 1. The van der Waals surface area contributed by atoms with Crippen molar-refractivity contribution in [1.29, 1.82) is 0 Å². The summed E-state index contributed by atoms with van der Waals surface area (Å²) >= 11 is 0. The molecule has 1 amide bonds. The number of ether oxygens (including phenoxy) is 2. The number of aromatic nitrogens is 3. The Morgan fingerprint density at radius 3 is 2.33 bits per heavy atom. The average Bonchev–Trinajstić information content (AvgIpc) is 3.38. The third-order valence-electron chi connectivity index (χ3n) is 9.30. The molecule has 3 aromatic rings. The largest absolute Gasteiger partial charge is 0.384 e. The van der Waals surface area contributed by atoms with Crippen LogP contribution in [0.1, 0.15) is 54.2 Å². The zero-order valence-electron chi connectivity index (χ0n) is 26.0. The molecule has 0 atom stereocenters. The van der Waals surface area contributed by atoms with E-state index in [-0.39, 0.29) is 30.5 Å². The summed E-state index contributed by atoms with van der Waals surface area (Å²) in [4.78, 5) is 22.8. The second-order valence-corrected chi connectivity index (χ2v) is 13.9. The fraction of sp³-hybridized carbons (Fsp3) is 0.581. The van der Waals surface area contributed by atoms with Crippen LogP contribution in [-0.2, 0) is 19.7 Å². The fourth-order valence-corrected chi connectivity index (χ4v) is 7.55. The first-order valence-electron chi connectivity index (χ1n) is 15.7. The van der Waals surface area contributed by atoms with E-state index in [0.717, 1.165) is 68.5 Å². The number of anilines is 1. The Morgan fingerprint density at radius 2 is 1.71 bits per heavy atom. The third kappa shape index (κ3) is 6.85. The van der Waals surface area contributed by atoms with Crippen LogP contribution >= 0.6 is 0 Å². The van der Waals surface area contributed by atoms with Gasteiger partial charge < -0.3 is 14.4 Å². The predicted molar refractivity (Wildman–Crippen MR) is 169 cm³/mol. The van der Waals surface area contributed by atoms with Gasteiger partial charge in [0.15, 0.2) is 5.65 Å². The lowest BCUT2D eigenvalue weighted by molar-refractivity contribution is 0.0970. The normalized spacial score (nSPS) is 19.2. The molecule has 4 heterocycles. The highest BCUT2D eigenvalue weighted by Gasteiger charge is 2.33. The van der Waals surface area contributed by atoms with Gasteiger partial charge in [-0.2, -0.15) is 17.8 Å². The molecule has 0 radical (unpaired) electrons. The Bertz CT molecular complexity index is 1600. The van der Waals surface area contributed by atoms with Crippen molar-refractivity contribution in [1.82, 2.24) is 28.7 Å². The number of halogens is 1. The minimum Gasteiger partial charge on any atom is -0.384 e. The molecule has 0 spiro atoms. The van der Waals surface area contributed by atoms with Gasteiger partial charge in [0.25, 0.3) is 5.91 Å². The van der Waals surface area contributed by atoms with Crippen LogP contribution in [0.25, 0.3) is 16.7 Å². The molecule has 244 valence electrons. The van der Waals surface area contributed by atoms with E-state index in [2.05, 4.69) is 14.5 Å². The van der Waals surface area contributed by atoms with Crippen LogP contribution in [0, 0.1) is 11.7 Å². The lowest BCUT2D eigenvalue weighted by Crippen LogP contribution is -2.53. The highest BCUT2D eigenvalue weighted by atomic mass is 32.2. The first-order valence-corrected chi connectivity index (χ1v) is 17.2. The summed E-state index contributed by atoms with van der Waals surface area (Å²) in [5.41, 5.74) is 2.78. The molecule has 1 aliphatic carbocycles. The molecule has 14 heteroatoms. The van der Waals surface area contributed by atoms with Crippen molar-refractivity contribution in [3.63, 3.8) is 0 Å². The van der Waals surface area contributed by atoms with Gasteiger partial charge in [-0.15, -0.1) is 0 Å². The van der Waals surface area contributed by atoms with E-state index in [4.69, 9.17) is 19.6 Å². The van der Waals surface area contributed by atoms with Crippen LogP contribution < -0.4 is 9.62 Å². The summed E-state index contributed by atoms with van der Waals surface area (Å²) < 4.78 is 56.4. The van der Waals surface area contributed by atoms with E-state index in [0.29, 0.717) is 43.6 Å². The number of carbonyl (C=O) groups excluding carboxylic acids is 1. The van der Waals surface area contributed by atoms with Gasteiger partial charge in [0.05, 0.1) is 29.1 Å². The van der Waals surface area contributed by atoms with E-state index in [1.807, 2.05) is 0 Å². The Kier molecular flexibility index (Phi) is 9.66. The quantitative estimate of drug-likeness (QED) is 0.336. The van der Waals surface area contributed by atoms with Crippen molar-refractivity contribution >= 4 is 32.8 Å².